The molecule has 0 bridgehead atoms. The van der Waals surface area contributed by atoms with Crippen LogP contribution in [-0.4, -0.2) is 24.5 Å². The van der Waals surface area contributed by atoms with Crippen LogP contribution in [0.4, 0.5) is 79.6 Å². The van der Waals surface area contributed by atoms with Gasteiger partial charge in [-0.2, -0.15) is 0 Å². The Bertz CT molecular complexity index is 6220. The molecule has 12 aromatic carbocycles. The third-order valence-corrected chi connectivity index (χ3v) is 33.2. The van der Waals surface area contributed by atoms with Crippen LogP contribution < -0.4 is 62.2 Å². The summed E-state index contributed by atoms with van der Waals surface area (Å²) in [6, 6.07) is 90.7. The third kappa shape index (κ3) is 8.31. The van der Waals surface area contributed by atoms with Crippen molar-refractivity contribution >= 4 is 126 Å². The molecule has 0 N–H and O–H groups in total. The Kier molecular flexibility index (Phi) is 14.1. The zero-order valence-electron chi connectivity index (χ0n) is 69.3. The standard InChI is InChI=1S/C54H54BN3.C52H50BN3/c1-33-18-21-38(22-19-33)56-44-23-20-34(2)29-43(44)55-42-17-13-16-41-50(42)58(54(8)40-15-10-9-14-37(40)24-27-51(41,54)5)47-32-39(31-46(56)49(47)55)57-45-30-35(3)28-36(4)48(45)52(6)25-11-12-26-53(52,57)7;1-33-29-34(2)46-43(30-33)55(51(5)27-15-14-26-50(46,51)4)37-31-44-47-45(32-37)56-48-39(49(3)28-25-35-17-10-11-20-38(35)52(49,56)6)21-16-23-41(48)53(47)40-22-12-13-24-42(40)54(44)36-18-8-7-9-19-36/h9-10,13-23,28-32H,11-12,24-27H2,1-8H3;7-13,16-24,29-32H,14-15,25-28H2,1-6H3. The van der Waals surface area contributed by atoms with Gasteiger partial charge in [0.15, 0.2) is 0 Å². The minimum Gasteiger partial charge on any atom is -0.334 e. The van der Waals surface area contributed by atoms with Crippen molar-refractivity contribution in [2.45, 2.75) is 218 Å². The Morgan fingerprint density at radius 1 is 0.272 bits per heavy atom. The van der Waals surface area contributed by atoms with Crippen LogP contribution in [0.25, 0.3) is 0 Å². The van der Waals surface area contributed by atoms with E-state index in [0.29, 0.717) is 0 Å². The molecular weight excluding hydrogens is 1380 g/mol. The molecule has 2 fully saturated rings. The predicted molar refractivity (Wildman–Crippen MR) is 482 cm³/mol. The number of aryl methyl sites for hydroxylation is 8. The first kappa shape index (κ1) is 69.1. The monoisotopic (exact) mass is 1480 g/mol. The number of hydrogen-bond acceptors (Lipinski definition) is 6. The second-order valence-electron chi connectivity index (χ2n) is 38.7. The highest BCUT2D eigenvalue weighted by Gasteiger charge is 2.67. The van der Waals surface area contributed by atoms with Crippen LogP contribution in [0.3, 0.4) is 0 Å². The summed E-state index contributed by atoms with van der Waals surface area (Å²) < 4.78 is 0. The van der Waals surface area contributed by atoms with E-state index >= 15 is 0 Å². The lowest BCUT2D eigenvalue weighted by Crippen LogP contribution is -2.64. The van der Waals surface area contributed by atoms with Crippen LogP contribution in [0, 0.1) is 41.5 Å². The maximum atomic E-state index is 2.88. The van der Waals surface area contributed by atoms with Gasteiger partial charge >= 0.3 is 0 Å². The largest absolute Gasteiger partial charge is 0.334 e. The molecule has 0 aromatic heterocycles. The van der Waals surface area contributed by atoms with Crippen molar-refractivity contribution < 1.29 is 0 Å². The first-order valence-corrected chi connectivity index (χ1v) is 43.1. The van der Waals surface area contributed by atoms with Gasteiger partial charge in [0.05, 0.1) is 22.2 Å². The molecule has 8 aliphatic heterocycles. The van der Waals surface area contributed by atoms with E-state index < -0.39 is 0 Å². The van der Waals surface area contributed by atoms with Gasteiger partial charge in [0.25, 0.3) is 13.4 Å². The summed E-state index contributed by atoms with van der Waals surface area (Å²) in [7, 11) is 0. The second-order valence-corrected chi connectivity index (χ2v) is 38.7. The number of hydrogen-bond donors (Lipinski definition) is 0. The fraction of sp³-hybridized carbons (Fsp3) is 0.321. The van der Waals surface area contributed by atoms with E-state index in [1.165, 1.54) is 231 Å². The fourth-order valence-electron chi connectivity index (χ4n) is 27.4. The van der Waals surface area contributed by atoms with Gasteiger partial charge in [-0.05, 0) is 293 Å². The zero-order chi connectivity index (χ0) is 77.6. The molecule has 12 aromatic rings. The summed E-state index contributed by atoms with van der Waals surface area (Å²) in [6.45, 7) is 34.8. The molecule has 12 aliphatic rings. The zero-order valence-corrected chi connectivity index (χ0v) is 69.3. The number of nitrogens with zero attached hydrogens (tertiary/aromatic N) is 6. The Labute approximate surface area is 677 Å². The molecule has 2 saturated carbocycles. The smallest absolute Gasteiger partial charge is 0.252 e. The third-order valence-electron chi connectivity index (χ3n) is 33.2. The van der Waals surface area contributed by atoms with Gasteiger partial charge < -0.3 is 29.4 Å². The highest BCUT2D eigenvalue weighted by Crippen LogP contribution is 2.70. The van der Waals surface area contributed by atoms with Crippen molar-refractivity contribution in [1.29, 1.82) is 0 Å². The highest BCUT2D eigenvalue weighted by atomic mass is 15.3. The Morgan fingerprint density at radius 3 is 1.20 bits per heavy atom. The number of rotatable bonds is 4. The van der Waals surface area contributed by atoms with Gasteiger partial charge in [-0.15, -0.1) is 0 Å². The molecule has 564 valence electrons. The molecule has 6 nitrogen and oxygen atoms in total. The average molecular weight is 1480 g/mol. The van der Waals surface area contributed by atoms with E-state index in [1.807, 2.05) is 0 Å². The Morgan fingerprint density at radius 2 is 0.684 bits per heavy atom. The normalized spacial score (nSPS) is 26.9. The molecule has 8 heteroatoms. The molecule has 8 atom stereocenters. The van der Waals surface area contributed by atoms with Crippen molar-refractivity contribution in [1.82, 2.24) is 0 Å². The van der Waals surface area contributed by atoms with Gasteiger partial charge in [-0.1, -0.05) is 222 Å². The maximum absolute atomic E-state index is 2.88. The van der Waals surface area contributed by atoms with Gasteiger partial charge in [0, 0.05) is 101 Å². The minimum absolute atomic E-state index is 0.0507. The average Bonchev–Trinajstić information content (AvgIpc) is 1.47. The summed E-state index contributed by atoms with van der Waals surface area (Å²) in [5.41, 5.74) is 46.9. The van der Waals surface area contributed by atoms with E-state index in [2.05, 4.69) is 357 Å². The molecule has 8 heterocycles. The number of para-hydroxylation sites is 4. The number of benzene rings is 12. The lowest BCUT2D eigenvalue weighted by molar-refractivity contribution is 0.194. The first-order valence-electron chi connectivity index (χ1n) is 43.1. The highest BCUT2D eigenvalue weighted by molar-refractivity contribution is 7.01. The van der Waals surface area contributed by atoms with Gasteiger partial charge in [0.2, 0.25) is 0 Å². The number of anilines is 14. The fourth-order valence-corrected chi connectivity index (χ4v) is 27.4. The lowest BCUT2D eigenvalue weighted by Gasteiger charge is -2.54. The molecular formula is C106H104B2N6. The van der Waals surface area contributed by atoms with E-state index in [-0.39, 0.29) is 57.2 Å². The van der Waals surface area contributed by atoms with Crippen LogP contribution >= 0.6 is 0 Å². The van der Waals surface area contributed by atoms with Gasteiger partial charge in [-0.3, -0.25) is 0 Å². The molecule has 24 rings (SSSR count). The van der Waals surface area contributed by atoms with Crippen LogP contribution in [0.5, 0.6) is 0 Å². The molecule has 4 aliphatic carbocycles. The van der Waals surface area contributed by atoms with Crippen LogP contribution in [0.15, 0.2) is 231 Å². The summed E-state index contributed by atoms with van der Waals surface area (Å²) in [4.78, 5) is 16.6. The van der Waals surface area contributed by atoms with E-state index in [0.717, 1.165) is 25.7 Å². The second kappa shape index (κ2) is 23.2. The topological polar surface area (TPSA) is 19.4 Å². The summed E-state index contributed by atoms with van der Waals surface area (Å²) >= 11 is 0. The quantitative estimate of drug-likeness (QED) is 0.162. The van der Waals surface area contributed by atoms with Crippen molar-refractivity contribution in [3.8, 4) is 0 Å². The molecule has 0 spiro atoms. The molecule has 8 unspecified atom stereocenters. The molecule has 114 heavy (non-hydrogen) atoms. The van der Waals surface area contributed by atoms with Crippen LogP contribution in [-0.2, 0) is 45.6 Å². The van der Waals surface area contributed by atoms with Crippen molar-refractivity contribution in [3.05, 3.63) is 308 Å². The molecule has 0 saturated heterocycles. The van der Waals surface area contributed by atoms with Crippen molar-refractivity contribution in [3.63, 3.8) is 0 Å². The van der Waals surface area contributed by atoms with Gasteiger partial charge in [-0.25, -0.2) is 0 Å². The summed E-state index contributed by atoms with van der Waals surface area (Å²) in [6.07, 6.45) is 14.3. The predicted octanol–water partition coefficient (Wildman–Crippen LogP) is 22.5. The van der Waals surface area contributed by atoms with E-state index in [1.54, 1.807) is 11.1 Å². The van der Waals surface area contributed by atoms with Crippen LogP contribution in [0.1, 0.15) is 197 Å². The Hall–Kier alpha value is -10.4. The molecule has 0 radical (unpaired) electrons. The van der Waals surface area contributed by atoms with Crippen molar-refractivity contribution in [2.24, 2.45) is 0 Å². The number of fused-ring (bicyclic) bond motifs is 24. The Balaban J connectivity index is 0.000000135. The first-order chi connectivity index (χ1) is 55.0. The van der Waals surface area contributed by atoms with E-state index in [4.69, 9.17) is 0 Å². The lowest BCUT2D eigenvalue weighted by atomic mass is 9.33. The minimum atomic E-state index is -0.279. The van der Waals surface area contributed by atoms with E-state index in [9.17, 15) is 0 Å². The van der Waals surface area contributed by atoms with Crippen molar-refractivity contribution in [2.75, 3.05) is 29.4 Å². The summed E-state index contributed by atoms with van der Waals surface area (Å²) in [5.74, 6) is 0. The summed E-state index contributed by atoms with van der Waals surface area (Å²) in [5, 5.41) is 0. The van der Waals surface area contributed by atoms with Crippen LogP contribution in [0.2, 0.25) is 0 Å². The molecule has 0 amide bonds. The maximum Gasteiger partial charge on any atom is 0.252 e. The van der Waals surface area contributed by atoms with Gasteiger partial charge in [0.1, 0.15) is 0 Å². The SMILES string of the molecule is Cc1cc(C)c2c(c1)N(c1cc3c4c(c1)N1c5c(cccc5C5(C)CCc6ccccc6C15C)B4c1ccccc1N3c1ccccc1)C1(C)CCCCC21C.Cc1ccc(N2c3ccc(C)cc3B3c4cccc5c4N(c4cc(N6c7cc(C)cc(C)c7C7(C)CCCCC67C)cc2c43)C2(C)c3ccccc3CCC52C)cc1.